The van der Waals surface area contributed by atoms with Gasteiger partial charge in [-0.1, -0.05) is 0 Å². The van der Waals surface area contributed by atoms with E-state index in [1.165, 1.54) is 0 Å². The zero-order valence-corrected chi connectivity index (χ0v) is 21.7. The topological polar surface area (TPSA) is 156 Å². The number of aliphatic hydroxyl groups is 2. The minimum absolute atomic E-state index is 0.0948. The van der Waals surface area contributed by atoms with E-state index in [0.29, 0.717) is 0 Å². The van der Waals surface area contributed by atoms with Gasteiger partial charge in [-0.2, -0.15) is 0 Å². The number of alkyl halides is 1. The van der Waals surface area contributed by atoms with Crippen molar-refractivity contribution in [3.63, 3.8) is 0 Å². The van der Waals surface area contributed by atoms with Gasteiger partial charge < -0.3 is 26.0 Å². The van der Waals surface area contributed by atoms with E-state index in [1.807, 2.05) is 0 Å². The second-order valence-electron chi connectivity index (χ2n) is 5.80. The number of nitrogens with one attached hydrogen (secondary N) is 1. The first-order valence-electron chi connectivity index (χ1n) is 7.51. The summed E-state index contributed by atoms with van der Waals surface area (Å²) in [5, 5.41) is 20.6. The van der Waals surface area contributed by atoms with E-state index in [1.54, 1.807) is 67.8 Å². The third-order valence-electron chi connectivity index (χ3n) is 3.83. The largest absolute Gasteiger partial charge is 0.425 e. The molecule has 1 aliphatic rings. The quantitative estimate of drug-likeness (QED) is 0.0760. The minimum Gasteiger partial charge on any atom is -0.425 e. The molecule has 1 aliphatic carbocycles. The zero-order valence-electron chi connectivity index (χ0n) is 14.5. The van der Waals surface area contributed by atoms with Crippen molar-refractivity contribution in [2.24, 2.45) is 11.1 Å². The SMILES string of the molecule is CC(=O)NC1(I)C(CC(O)CO)=C(I)C(OC(C)=O)=C(I)C1(C(N)=O)C(=O)Cl. The highest BCUT2D eigenvalue weighted by molar-refractivity contribution is 14.1. The maximum atomic E-state index is 12.6. The normalized spacial score (nSPS) is 26.0. The summed E-state index contributed by atoms with van der Waals surface area (Å²) < 4.78 is 3.54. The van der Waals surface area contributed by atoms with Crippen molar-refractivity contribution in [2.45, 2.75) is 29.9 Å². The van der Waals surface area contributed by atoms with Crippen LogP contribution in [0.15, 0.2) is 18.5 Å². The van der Waals surface area contributed by atoms with Crippen molar-refractivity contribution in [1.82, 2.24) is 5.32 Å². The van der Waals surface area contributed by atoms with Gasteiger partial charge in [0.1, 0.15) is 3.55 Å². The second-order valence-corrected chi connectivity index (χ2v) is 9.92. The first-order valence-corrected chi connectivity index (χ1v) is 11.1. The number of carbonyl (C=O) groups excluding carboxylic acids is 4. The molecule has 5 N–H and O–H groups in total. The van der Waals surface area contributed by atoms with E-state index < -0.39 is 44.7 Å². The van der Waals surface area contributed by atoms with Crippen molar-refractivity contribution >= 4 is 102 Å². The van der Waals surface area contributed by atoms with Crippen LogP contribution in [0.1, 0.15) is 20.3 Å². The predicted molar refractivity (Wildman–Crippen MR) is 125 cm³/mol. The number of hydrogen-bond donors (Lipinski definition) is 4. The van der Waals surface area contributed by atoms with E-state index >= 15 is 0 Å². The van der Waals surface area contributed by atoms with Crippen molar-refractivity contribution in [3.8, 4) is 0 Å². The molecule has 0 aliphatic heterocycles. The summed E-state index contributed by atoms with van der Waals surface area (Å²) in [6, 6.07) is 0. The number of hydrogen-bond acceptors (Lipinski definition) is 7. The molecule has 1 rings (SSSR count). The molecular formula is C15H16ClI3N2O7. The molecule has 0 heterocycles. The highest BCUT2D eigenvalue weighted by Crippen LogP contribution is 2.59. The van der Waals surface area contributed by atoms with Crippen LogP contribution in [0.2, 0.25) is 0 Å². The molecule has 156 valence electrons. The lowest BCUT2D eigenvalue weighted by atomic mass is 9.72. The summed E-state index contributed by atoms with van der Waals surface area (Å²) in [5.74, 6) is -2.68. The Bertz CT molecular complexity index is 785. The highest BCUT2D eigenvalue weighted by Gasteiger charge is 2.67. The molecule has 3 unspecified atom stereocenters. The number of allylic oxidation sites excluding steroid dienone is 1. The molecule has 0 spiro atoms. The number of carbonyl (C=O) groups is 4. The molecule has 13 heteroatoms. The van der Waals surface area contributed by atoms with Crippen LogP contribution in [0.25, 0.3) is 0 Å². The van der Waals surface area contributed by atoms with Gasteiger partial charge in [0.05, 0.1) is 19.9 Å². The summed E-state index contributed by atoms with van der Waals surface area (Å²) in [6.45, 7) is 1.65. The van der Waals surface area contributed by atoms with Gasteiger partial charge in [-0.25, -0.2) is 0 Å². The molecule has 28 heavy (non-hydrogen) atoms. The number of halogens is 4. The zero-order chi connectivity index (χ0) is 22.0. The third-order valence-corrected chi connectivity index (χ3v) is 8.29. The van der Waals surface area contributed by atoms with E-state index in [9.17, 15) is 29.4 Å². The lowest BCUT2D eigenvalue weighted by molar-refractivity contribution is -0.139. The van der Waals surface area contributed by atoms with Gasteiger partial charge in [-0.05, 0) is 84.9 Å². The maximum Gasteiger partial charge on any atom is 0.308 e. The van der Waals surface area contributed by atoms with Crippen LogP contribution in [0.3, 0.4) is 0 Å². The molecule has 0 saturated heterocycles. The number of aliphatic hydroxyl groups excluding tert-OH is 2. The maximum absolute atomic E-state index is 12.6. The Balaban J connectivity index is 4.07. The highest BCUT2D eigenvalue weighted by atomic mass is 127. The van der Waals surface area contributed by atoms with Crippen molar-refractivity contribution in [1.29, 1.82) is 0 Å². The smallest absolute Gasteiger partial charge is 0.308 e. The lowest BCUT2D eigenvalue weighted by Gasteiger charge is -2.47. The van der Waals surface area contributed by atoms with E-state index in [0.717, 1.165) is 13.8 Å². The van der Waals surface area contributed by atoms with Gasteiger partial charge >= 0.3 is 5.97 Å². The Morgan fingerprint density at radius 3 is 2.18 bits per heavy atom. The van der Waals surface area contributed by atoms with Crippen molar-refractivity contribution in [2.75, 3.05) is 6.61 Å². The monoisotopic (exact) mass is 752 g/mol. The Labute approximate surface area is 206 Å². The van der Waals surface area contributed by atoms with Crippen LogP contribution in [-0.2, 0) is 23.9 Å². The number of amides is 2. The van der Waals surface area contributed by atoms with Crippen molar-refractivity contribution in [3.05, 3.63) is 18.5 Å². The number of esters is 1. The Morgan fingerprint density at radius 1 is 1.29 bits per heavy atom. The molecular weight excluding hydrogens is 736 g/mol. The first kappa shape index (κ1) is 26.0. The first-order chi connectivity index (χ1) is 12.8. The number of rotatable bonds is 7. The minimum atomic E-state index is -2.33. The molecule has 0 aromatic rings. The molecule has 2 amide bonds. The lowest BCUT2D eigenvalue weighted by Crippen LogP contribution is -2.66. The molecule has 0 aromatic carbocycles. The van der Waals surface area contributed by atoms with Gasteiger partial charge in [-0.3, -0.25) is 19.2 Å². The van der Waals surface area contributed by atoms with Crippen LogP contribution in [0.4, 0.5) is 0 Å². The van der Waals surface area contributed by atoms with Crippen molar-refractivity contribution < 1.29 is 34.1 Å². The van der Waals surface area contributed by atoms with Gasteiger partial charge in [0.25, 0.3) is 0 Å². The predicted octanol–water partition coefficient (Wildman–Crippen LogP) is 1.15. The summed E-state index contributed by atoms with van der Waals surface area (Å²) in [6.07, 6.45) is -1.57. The molecule has 0 aromatic heterocycles. The van der Waals surface area contributed by atoms with E-state index in [2.05, 4.69) is 5.32 Å². The summed E-state index contributed by atoms with van der Waals surface area (Å²) in [4.78, 5) is 48.8. The Kier molecular flexibility index (Phi) is 9.14. The van der Waals surface area contributed by atoms with E-state index in [4.69, 9.17) is 22.1 Å². The Morgan fingerprint density at radius 2 is 1.82 bits per heavy atom. The summed E-state index contributed by atoms with van der Waals surface area (Å²) in [7, 11) is 0. The van der Waals surface area contributed by atoms with E-state index in [-0.39, 0.29) is 24.9 Å². The van der Waals surface area contributed by atoms with Gasteiger partial charge in [0.2, 0.25) is 17.1 Å². The number of nitrogens with two attached hydrogens (primary N) is 1. The molecule has 0 radical (unpaired) electrons. The summed E-state index contributed by atoms with van der Waals surface area (Å²) in [5.41, 5.74) is 3.40. The van der Waals surface area contributed by atoms with Crippen LogP contribution in [-0.4, -0.2) is 49.5 Å². The van der Waals surface area contributed by atoms with Gasteiger partial charge in [0.15, 0.2) is 11.2 Å². The molecule has 3 atom stereocenters. The standard InChI is InChI=1S/C15H16ClI3N2O7/c1-5(23)21-15(19)8(3-7(25)4-22)9(17)10(28-6(2)24)11(18)14(15,12(16)26)13(20)27/h7,22,25H,3-4H2,1-2H3,(H2,20,27)(H,21,23). The molecule has 0 bridgehead atoms. The molecule has 9 nitrogen and oxygen atoms in total. The van der Waals surface area contributed by atoms with Gasteiger partial charge in [-0.15, -0.1) is 0 Å². The second kappa shape index (κ2) is 9.84. The average Bonchev–Trinajstić information content (AvgIpc) is 2.54. The third kappa shape index (κ3) is 4.50. The fourth-order valence-electron chi connectivity index (χ4n) is 2.70. The van der Waals surface area contributed by atoms with Crippen LogP contribution < -0.4 is 11.1 Å². The van der Waals surface area contributed by atoms with Crippen LogP contribution in [0.5, 0.6) is 0 Å². The number of ether oxygens (including phenoxy) is 1. The van der Waals surface area contributed by atoms with Crippen LogP contribution in [0, 0.1) is 5.41 Å². The fourth-order valence-corrected chi connectivity index (χ4v) is 8.85. The molecule has 0 saturated carbocycles. The average molecular weight is 752 g/mol. The Hall–Kier alpha value is -0.0400. The molecule has 0 fully saturated rings. The van der Waals surface area contributed by atoms with Gasteiger partial charge in [0, 0.05) is 20.3 Å². The van der Waals surface area contributed by atoms with Crippen LogP contribution >= 0.6 is 79.4 Å². The number of primary amides is 1. The summed E-state index contributed by atoms with van der Waals surface area (Å²) >= 11 is 10.9. The fraction of sp³-hybridized carbons (Fsp3) is 0.467.